The van der Waals surface area contributed by atoms with Crippen molar-refractivity contribution < 1.29 is 19.1 Å². The SMILES string of the molecule is O=C(O)NCc1cc2c(c(=O)o1)COCC2. The Bertz CT molecular complexity index is 465. The van der Waals surface area contributed by atoms with Crippen LogP contribution >= 0.6 is 0 Å². The van der Waals surface area contributed by atoms with Gasteiger partial charge in [0.2, 0.25) is 0 Å². The van der Waals surface area contributed by atoms with Crippen molar-refractivity contribution in [2.75, 3.05) is 6.61 Å². The molecule has 0 unspecified atom stereocenters. The normalized spacial score (nSPS) is 14.2. The molecule has 0 fully saturated rings. The summed E-state index contributed by atoms with van der Waals surface area (Å²) >= 11 is 0. The van der Waals surface area contributed by atoms with Crippen LogP contribution in [0.5, 0.6) is 0 Å². The average molecular weight is 225 g/mol. The van der Waals surface area contributed by atoms with Gasteiger partial charge in [0.1, 0.15) is 5.76 Å². The lowest BCUT2D eigenvalue weighted by atomic mass is 10.1. The Hall–Kier alpha value is -1.82. The van der Waals surface area contributed by atoms with E-state index >= 15 is 0 Å². The molecule has 0 saturated carbocycles. The number of fused-ring (bicyclic) bond motifs is 1. The van der Waals surface area contributed by atoms with Gasteiger partial charge in [-0.3, -0.25) is 0 Å². The van der Waals surface area contributed by atoms with Crippen LogP contribution < -0.4 is 10.9 Å². The highest BCUT2D eigenvalue weighted by Crippen LogP contribution is 2.14. The van der Waals surface area contributed by atoms with E-state index < -0.39 is 11.7 Å². The number of ether oxygens (including phenoxy) is 1. The molecule has 1 aliphatic rings. The van der Waals surface area contributed by atoms with E-state index in [2.05, 4.69) is 5.32 Å². The zero-order valence-electron chi connectivity index (χ0n) is 8.49. The summed E-state index contributed by atoms with van der Waals surface area (Å²) in [5.74, 6) is 0.327. The molecule has 0 aromatic carbocycles. The summed E-state index contributed by atoms with van der Waals surface area (Å²) in [6.07, 6.45) is -0.496. The van der Waals surface area contributed by atoms with Crippen LogP contribution in [-0.2, 0) is 24.3 Å². The molecule has 0 spiro atoms. The number of hydrogen-bond donors (Lipinski definition) is 2. The second kappa shape index (κ2) is 4.36. The summed E-state index contributed by atoms with van der Waals surface area (Å²) in [4.78, 5) is 21.8. The summed E-state index contributed by atoms with van der Waals surface area (Å²) in [6, 6.07) is 1.70. The van der Waals surface area contributed by atoms with E-state index in [-0.39, 0.29) is 13.2 Å². The van der Waals surface area contributed by atoms with E-state index in [1.807, 2.05) is 0 Å². The average Bonchev–Trinajstić information content (AvgIpc) is 2.26. The second-order valence-corrected chi connectivity index (χ2v) is 3.47. The maximum Gasteiger partial charge on any atom is 0.405 e. The van der Waals surface area contributed by atoms with E-state index in [0.717, 1.165) is 5.56 Å². The molecule has 1 aromatic heterocycles. The standard InChI is InChI=1S/C10H11NO5/c12-9-8-5-15-2-1-6(8)3-7(16-9)4-11-10(13)14/h3,11H,1-2,4-5H2,(H,13,14). The Labute approximate surface area is 90.8 Å². The molecule has 6 heteroatoms. The van der Waals surface area contributed by atoms with Crippen molar-refractivity contribution in [1.82, 2.24) is 5.32 Å². The Balaban J connectivity index is 2.25. The molecule has 0 aliphatic carbocycles. The lowest BCUT2D eigenvalue weighted by Gasteiger charge is -2.15. The van der Waals surface area contributed by atoms with Gasteiger partial charge in [0, 0.05) is 0 Å². The lowest BCUT2D eigenvalue weighted by molar-refractivity contribution is 0.107. The van der Waals surface area contributed by atoms with Crippen molar-refractivity contribution in [2.24, 2.45) is 0 Å². The third-order valence-electron chi connectivity index (χ3n) is 2.37. The van der Waals surface area contributed by atoms with Crippen molar-refractivity contribution in [3.63, 3.8) is 0 Å². The molecule has 86 valence electrons. The van der Waals surface area contributed by atoms with Crippen molar-refractivity contribution in [2.45, 2.75) is 19.6 Å². The van der Waals surface area contributed by atoms with Gasteiger partial charge in [-0.25, -0.2) is 9.59 Å². The van der Waals surface area contributed by atoms with Crippen LogP contribution in [0.2, 0.25) is 0 Å². The van der Waals surface area contributed by atoms with Gasteiger partial charge in [0.15, 0.2) is 0 Å². The largest absolute Gasteiger partial charge is 0.465 e. The molecular formula is C10H11NO5. The van der Waals surface area contributed by atoms with E-state index in [9.17, 15) is 9.59 Å². The quantitative estimate of drug-likeness (QED) is 0.764. The molecule has 2 heterocycles. The fourth-order valence-corrected chi connectivity index (χ4v) is 1.60. The first-order valence-electron chi connectivity index (χ1n) is 4.86. The van der Waals surface area contributed by atoms with Crippen molar-refractivity contribution in [3.8, 4) is 0 Å². The molecule has 2 N–H and O–H groups in total. The molecule has 0 saturated heterocycles. The van der Waals surface area contributed by atoms with Crippen LogP contribution in [0.4, 0.5) is 4.79 Å². The third-order valence-corrected chi connectivity index (χ3v) is 2.37. The highest BCUT2D eigenvalue weighted by Gasteiger charge is 2.16. The summed E-state index contributed by atoms with van der Waals surface area (Å²) in [6.45, 7) is 0.839. The maximum atomic E-state index is 11.5. The van der Waals surface area contributed by atoms with Gasteiger partial charge in [-0.15, -0.1) is 0 Å². The molecule has 16 heavy (non-hydrogen) atoms. The minimum absolute atomic E-state index is 0.00128. The zero-order chi connectivity index (χ0) is 11.5. The highest BCUT2D eigenvalue weighted by atomic mass is 16.5. The van der Waals surface area contributed by atoms with Gasteiger partial charge in [0.25, 0.3) is 0 Å². The maximum absolute atomic E-state index is 11.5. The number of hydrogen-bond acceptors (Lipinski definition) is 4. The van der Waals surface area contributed by atoms with Crippen LogP contribution in [-0.4, -0.2) is 17.8 Å². The second-order valence-electron chi connectivity index (χ2n) is 3.47. The van der Waals surface area contributed by atoms with E-state index in [0.29, 0.717) is 24.4 Å². The van der Waals surface area contributed by atoms with Crippen LogP contribution in [0, 0.1) is 0 Å². The van der Waals surface area contributed by atoms with Gasteiger partial charge >= 0.3 is 11.7 Å². The smallest absolute Gasteiger partial charge is 0.405 e. The van der Waals surface area contributed by atoms with Gasteiger partial charge in [0.05, 0.1) is 25.3 Å². The number of carboxylic acid groups (broad SMARTS) is 1. The number of carbonyl (C=O) groups is 1. The van der Waals surface area contributed by atoms with Crippen LogP contribution in [0.15, 0.2) is 15.3 Å². The summed E-state index contributed by atoms with van der Waals surface area (Å²) in [5, 5.41) is 10.6. The number of nitrogens with one attached hydrogen (secondary N) is 1. The van der Waals surface area contributed by atoms with Crippen molar-refractivity contribution >= 4 is 6.09 Å². The minimum atomic E-state index is -1.15. The molecule has 0 atom stereocenters. The first-order chi connectivity index (χ1) is 7.66. The highest BCUT2D eigenvalue weighted by molar-refractivity contribution is 5.64. The molecule has 1 aliphatic heterocycles. The topological polar surface area (TPSA) is 88.8 Å². The number of amides is 1. The van der Waals surface area contributed by atoms with Gasteiger partial charge in [-0.2, -0.15) is 0 Å². The van der Waals surface area contributed by atoms with E-state index in [4.69, 9.17) is 14.3 Å². The van der Waals surface area contributed by atoms with E-state index in [1.165, 1.54) is 0 Å². The monoisotopic (exact) mass is 225 g/mol. The summed E-state index contributed by atoms with van der Waals surface area (Å²) in [7, 11) is 0. The first kappa shape index (κ1) is 10.7. The summed E-state index contributed by atoms with van der Waals surface area (Å²) in [5.41, 5.74) is 0.967. The lowest BCUT2D eigenvalue weighted by Crippen LogP contribution is -2.24. The van der Waals surface area contributed by atoms with Gasteiger partial charge in [-0.05, 0) is 18.1 Å². The number of rotatable bonds is 2. The Morgan fingerprint density at radius 3 is 3.12 bits per heavy atom. The fraction of sp³-hybridized carbons (Fsp3) is 0.400. The molecule has 0 radical (unpaired) electrons. The Morgan fingerprint density at radius 1 is 1.56 bits per heavy atom. The molecule has 0 bridgehead atoms. The molecule has 1 amide bonds. The van der Waals surface area contributed by atoms with Gasteiger partial charge in [-0.1, -0.05) is 0 Å². The predicted molar refractivity (Wildman–Crippen MR) is 53.2 cm³/mol. The van der Waals surface area contributed by atoms with Crippen LogP contribution in [0.1, 0.15) is 16.9 Å². The molecule has 6 nitrogen and oxygen atoms in total. The first-order valence-corrected chi connectivity index (χ1v) is 4.86. The summed E-state index contributed by atoms with van der Waals surface area (Å²) < 4.78 is 10.1. The predicted octanol–water partition coefficient (Wildman–Crippen LogP) is 0.480. The van der Waals surface area contributed by atoms with E-state index in [1.54, 1.807) is 6.07 Å². The zero-order valence-corrected chi connectivity index (χ0v) is 8.49. The Kier molecular flexibility index (Phi) is 2.91. The minimum Gasteiger partial charge on any atom is -0.465 e. The van der Waals surface area contributed by atoms with Crippen molar-refractivity contribution in [1.29, 1.82) is 0 Å². The fourth-order valence-electron chi connectivity index (χ4n) is 1.60. The molecular weight excluding hydrogens is 214 g/mol. The molecule has 1 aromatic rings. The van der Waals surface area contributed by atoms with Crippen molar-refractivity contribution in [3.05, 3.63) is 33.4 Å². The third kappa shape index (κ3) is 2.22. The Morgan fingerprint density at radius 2 is 2.38 bits per heavy atom. The molecule has 2 rings (SSSR count). The van der Waals surface area contributed by atoms with Crippen LogP contribution in [0.25, 0.3) is 0 Å². The van der Waals surface area contributed by atoms with Gasteiger partial charge < -0.3 is 19.6 Å². The van der Waals surface area contributed by atoms with Crippen LogP contribution in [0.3, 0.4) is 0 Å².